The molecule has 236 valence electrons. The molecule has 0 bridgehead atoms. The molecule has 0 fully saturated rings. The molecular weight excluding hydrogens is 604 g/mol. The lowest BCUT2D eigenvalue weighted by molar-refractivity contribution is 0.0689. The minimum atomic E-state index is -1.09. The van der Waals surface area contributed by atoms with Gasteiger partial charge in [0.15, 0.2) is 17.2 Å². The molecule has 4 aromatic heterocycles. The highest BCUT2D eigenvalue weighted by atomic mass is 16.4. The number of hydrogen-bond donors (Lipinski definition) is 3. The Kier molecular flexibility index (Phi) is 7.70. The highest BCUT2D eigenvalue weighted by Crippen LogP contribution is 2.32. The molecule has 0 aliphatic heterocycles. The van der Waals surface area contributed by atoms with E-state index >= 15 is 0 Å². The summed E-state index contributed by atoms with van der Waals surface area (Å²) in [5.74, 6) is -0.329. The van der Waals surface area contributed by atoms with Gasteiger partial charge in [-0.05, 0) is 85.6 Å². The van der Waals surface area contributed by atoms with E-state index in [0.717, 1.165) is 33.6 Å². The third-order valence-electron chi connectivity index (χ3n) is 8.11. The Morgan fingerprint density at radius 3 is 2.33 bits per heavy atom. The number of nitrogens with zero attached hydrogens (tertiary/aromatic N) is 6. The Labute approximate surface area is 275 Å². The van der Waals surface area contributed by atoms with Gasteiger partial charge in [0.2, 0.25) is 0 Å². The summed E-state index contributed by atoms with van der Waals surface area (Å²) < 4.78 is 3.53. The molecule has 0 saturated heterocycles. The van der Waals surface area contributed by atoms with Crippen LogP contribution in [0.15, 0.2) is 109 Å². The molecule has 11 heteroatoms. The number of aryl methyl sites for hydroxylation is 2. The van der Waals surface area contributed by atoms with Gasteiger partial charge in [-0.1, -0.05) is 42.5 Å². The van der Waals surface area contributed by atoms with Crippen LogP contribution in [0.5, 0.6) is 0 Å². The average molecular weight is 635 g/mol. The first kappa shape index (κ1) is 30.1. The number of carbonyl (C=O) groups excluding carboxylic acids is 1. The standard InChI is InChI=1S/C37H30N8O3/c1-22-19-27(45-23(2)20-32(43-45)37(47)48)14-15-28(22)36(46)40-21-24-10-12-26(13-11-24)44-34(29-9-6-18-39-33(29)38)42-31-17-16-30(41-35(31)44)25-7-4-3-5-8-25/h3-20H,21H2,1-2H3,(H2,38,39)(H,40,46)(H,47,48). The van der Waals surface area contributed by atoms with Crippen LogP contribution in [0.4, 0.5) is 5.82 Å². The van der Waals surface area contributed by atoms with Crippen LogP contribution in [0.3, 0.4) is 0 Å². The Balaban J connectivity index is 1.15. The zero-order chi connectivity index (χ0) is 33.4. The molecule has 4 N–H and O–H groups in total. The van der Waals surface area contributed by atoms with Crippen molar-refractivity contribution in [2.24, 2.45) is 0 Å². The van der Waals surface area contributed by atoms with Gasteiger partial charge in [-0.2, -0.15) is 5.10 Å². The van der Waals surface area contributed by atoms with E-state index in [9.17, 15) is 14.7 Å². The van der Waals surface area contributed by atoms with E-state index in [1.807, 2.05) is 96.4 Å². The lowest BCUT2D eigenvalue weighted by atomic mass is 10.1. The third kappa shape index (κ3) is 5.64. The highest BCUT2D eigenvalue weighted by Gasteiger charge is 2.19. The number of nitrogen functional groups attached to an aromatic ring is 1. The van der Waals surface area contributed by atoms with E-state index in [2.05, 4.69) is 15.4 Å². The second-order valence-corrected chi connectivity index (χ2v) is 11.3. The topological polar surface area (TPSA) is 154 Å². The largest absolute Gasteiger partial charge is 0.476 e. The van der Waals surface area contributed by atoms with E-state index in [4.69, 9.17) is 15.7 Å². The van der Waals surface area contributed by atoms with Crippen LogP contribution in [0, 0.1) is 13.8 Å². The van der Waals surface area contributed by atoms with Gasteiger partial charge in [0.1, 0.15) is 11.3 Å². The molecule has 0 radical (unpaired) electrons. The van der Waals surface area contributed by atoms with Crippen LogP contribution in [0.25, 0.3) is 45.2 Å². The minimum absolute atomic E-state index is 0.0372. The van der Waals surface area contributed by atoms with Crippen molar-refractivity contribution in [1.82, 2.24) is 34.6 Å². The van der Waals surface area contributed by atoms with Gasteiger partial charge in [-0.3, -0.25) is 9.36 Å². The molecule has 0 spiro atoms. The van der Waals surface area contributed by atoms with Crippen LogP contribution in [-0.2, 0) is 6.54 Å². The molecule has 48 heavy (non-hydrogen) atoms. The Morgan fingerprint density at radius 1 is 0.854 bits per heavy atom. The number of benzene rings is 3. The normalized spacial score (nSPS) is 11.1. The second kappa shape index (κ2) is 12.3. The van der Waals surface area contributed by atoms with Gasteiger partial charge in [0.05, 0.1) is 16.9 Å². The number of carboxylic acids is 1. The number of aromatic nitrogens is 6. The number of aromatic carboxylic acids is 1. The smallest absolute Gasteiger partial charge is 0.356 e. The van der Waals surface area contributed by atoms with Gasteiger partial charge < -0.3 is 16.2 Å². The molecule has 11 nitrogen and oxygen atoms in total. The van der Waals surface area contributed by atoms with Crippen molar-refractivity contribution in [1.29, 1.82) is 0 Å². The van der Waals surface area contributed by atoms with E-state index in [1.165, 1.54) is 6.07 Å². The van der Waals surface area contributed by atoms with Crippen molar-refractivity contribution in [3.8, 4) is 34.0 Å². The molecule has 1 amide bonds. The quantitative estimate of drug-likeness (QED) is 0.180. The van der Waals surface area contributed by atoms with Crippen molar-refractivity contribution < 1.29 is 14.7 Å². The minimum Gasteiger partial charge on any atom is -0.476 e. The SMILES string of the molecule is Cc1cc(-n2nc(C(=O)O)cc2C)ccc1C(=O)NCc1ccc(-n2c(-c3cccnc3N)nc3ccc(-c4ccccc4)nc32)cc1. The predicted molar refractivity (Wildman–Crippen MR) is 183 cm³/mol. The first-order valence-electron chi connectivity index (χ1n) is 15.2. The summed E-state index contributed by atoms with van der Waals surface area (Å²) in [5, 5.41) is 16.4. The number of hydrogen-bond acceptors (Lipinski definition) is 7. The lowest BCUT2D eigenvalue weighted by Gasteiger charge is -2.13. The lowest BCUT2D eigenvalue weighted by Crippen LogP contribution is -2.23. The monoisotopic (exact) mass is 634 g/mol. The number of carboxylic acid groups (broad SMARTS) is 1. The Bertz CT molecular complexity index is 2330. The van der Waals surface area contributed by atoms with E-state index in [0.29, 0.717) is 46.3 Å². The number of nitrogens with one attached hydrogen (secondary N) is 1. The summed E-state index contributed by atoms with van der Waals surface area (Å²) in [4.78, 5) is 38.7. The molecule has 7 rings (SSSR count). The third-order valence-corrected chi connectivity index (χ3v) is 8.11. The molecule has 7 aromatic rings. The highest BCUT2D eigenvalue weighted by molar-refractivity contribution is 5.96. The second-order valence-electron chi connectivity index (χ2n) is 11.3. The molecular formula is C37H30N8O3. The first-order valence-corrected chi connectivity index (χ1v) is 15.2. The van der Waals surface area contributed by atoms with E-state index in [-0.39, 0.29) is 11.6 Å². The summed E-state index contributed by atoms with van der Waals surface area (Å²) in [6.45, 7) is 3.93. The number of nitrogens with two attached hydrogens (primary N) is 1. The zero-order valence-electron chi connectivity index (χ0n) is 26.1. The zero-order valence-corrected chi connectivity index (χ0v) is 26.1. The average Bonchev–Trinajstić information content (AvgIpc) is 3.68. The van der Waals surface area contributed by atoms with Crippen LogP contribution in [0.2, 0.25) is 0 Å². The van der Waals surface area contributed by atoms with E-state index < -0.39 is 5.97 Å². The maximum Gasteiger partial charge on any atom is 0.356 e. The summed E-state index contributed by atoms with van der Waals surface area (Å²) in [5.41, 5.74) is 14.5. The molecule has 0 aliphatic rings. The van der Waals surface area contributed by atoms with Crippen LogP contribution in [0.1, 0.15) is 37.7 Å². The summed E-state index contributed by atoms with van der Waals surface area (Å²) in [6, 6.07) is 32.2. The van der Waals surface area contributed by atoms with Crippen LogP contribution >= 0.6 is 0 Å². The molecule has 0 unspecified atom stereocenters. The number of rotatable bonds is 8. The van der Waals surface area contributed by atoms with E-state index in [1.54, 1.807) is 29.9 Å². The van der Waals surface area contributed by atoms with Gasteiger partial charge in [0.25, 0.3) is 5.91 Å². The maximum atomic E-state index is 13.2. The maximum absolute atomic E-state index is 13.2. The molecule has 0 aliphatic carbocycles. The molecule has 3 aromatic carbocycles. The Hall–Kier alpha value is -6.62. The van der Waals surface area contributed by atoms with Crippen LogP contribution < -0.4 is 11.1 Å². The number of pyridine rings is 2. The number of imidazole rings is 1. The van der Waals surface area contributed by atoms with Crippen molar-refractivity contribution >= 4 is 28.9 Å². The van der Waals surface area contributed by atoms with Gasteiger partial charge in [-0.25, -0.2) is 24.4 Å². The molecule has 0 atom stereocenters. The molecule has 0 saturated carbocycles. The summed E-state index contributed by atoms with van der Waals surface area (Å²) >= 11 is 0. The fourth-order valence-corrected chi connectivity index (χ4v) is 5.67. The number of anilines is 1. The van der Waals surface area contributed by atoms with Gasteiger partial charge in [-0.15, -0.1) is 0 Å². The van der Waals surface area contributed by atoms with Crippen molar-refractivity contribution in [3.63, 3.8) is 0 Å². The fourth-order valence-electron chi connectivity index (χ4n) is 5.67. The Morgan fingerprint density at radius 2 is 1.62 bits per heavy atom. The summed E-state index contributed by atoms with van der Waals surface area (Å²) in [7, 11) is 0. The first-order chi connectivity index (χ1) is 23.3. The van der Waals surface area contributed by atoms with Gasteiger partial charge in [0, 0.05) is 35.2 Å². The molecule has 4 heterocycles. The predicted octanol–water partition coefficient (Wildman–Crippen LogP) is 6.16. The van der Waals surface area contributed by atoms with Gasteiger partial charge >= 0.3 is 5.97 Å². The fraction of sp³-hybridized carbons (Fsp3) is 0.0811. The number of fused-ring (bicyclic) bond motifs is 1. The number of carbonyl (C=O) groups is 2. The van der Waals surface area contributed by atoms with Crippen molar-refractivity contribution in [2.45, 2.75) is 20.4 Å². The van der Waals surface area contributed by atoms with Crippen LogP contribution in [-0.4, -0.2) is 46.3 Å². The number of amides is 1. The van der Waals surface area contributed by atoms with Crippen molar-refractivity contribution in [3.05, 3.63) is 137 Å². The van der Waals surface area contributed by atoms with Crippen molar-refractivity contribution in [2.75, 3.05) is 5.73 Å². The summed E-state index contributed by atoms with van der Waals surface area (Å²) in [6.07, 6.45) is 1.65.